The van der Waals surface area contributed by atoms with E-state index in [1.807, 2.05) is 48.5 Å². The quantitative estimate of drug-likeness (QED) is 0.443. The maximum atomic E-state index is 12.7. The topological polar surface area (TPSA) is 70.4 Å². The van der Waals surface area contributed by atoms with Crippen LogP contribution in [0.3, 0.4) is 0 Å². The summed E-state index contributed by atoms with van der Waals surface area (Å²) >= 11 is 0. The van der Waals surface area contributed by atoms with E-state index in [9.17, 15) is 10.0 Å². The fourth-order valence-corrected chi connectivity index (χ4v) is 2.43. The molecule has 3 rings (SSSR count). The molecule has 2 N–H and O–H groups in total. The van der Waals surface area contributed by atoms with Crippen LogP contribution in [0.5, 0.6) is 0 Å². The van der Waals surface area contributed by atoms with Crippen molar-refractivity contribution in [2.45, 2.75) is 6.92 Å². The maximum absolute atomic E-state index is 12.7. The van der Waals surface area contributed by atoms with Crippen LogP contribution in [0, 0.1) is 6.92 Å². The van der Waals surface area contributed by atoms with E-state index in [1.165, 1.54) is 4.68 Å². The molecule has 0 aliphatic heterocycles. The monoisotopic (exact) mass is 293 g/mol. The number of oxime groups is 1. The maximum Gasteiger partial charge on any atom is 0.281 e. The third kappa shape index (κ3) is 2.33. The zero-order valence-electron chi connectivity index (χ0n) is 12.0. The minimum atomic E-state index is -0.250. The highest BCUT2D eigenvalue weighted by Crippen LogP contribution is 2.12. The molecule has 2 aromatic carbocycles. The second-order valence-electron chi connectivity index (χ2n) is 4.90. The Labute approximate surface area is 127 Å². The number of benzene rings is 2. The molecule has 0 atom stereocenters. The summed E-state index contributed by atoms with van der Waals surface area (Å²) in [7, 11) is 0. The lowest BCUT2D eigenvalue weighted by Gasteiger charge is -2.02. The number of H-pyrrole nitrogens is 1. The van der Waals surface area contributed by atoms with Gasteiger partial charge in [-0.15, -0.1) is 0 Å². The van der Waals surface area contributed by atoms with Gasteiger partial charge in [0, 0.05) is 11.3 Å². The first-order chi connectivity index (χ1) is 10.7. The number of hydrogen-bond donors (Lipinski definition) is 2. The van der Waals surface area contributed by atoms with Crippen LogP contribution in [0.2, 0.25) is 0 Å². The van der Waals surface area contributed by atoms with Gasteiger partial charge in [-0.25, -0.2) is 4.68 Å². The Kier molecular flexibility index (Phi) is 3.62. The van der Waals surface area contributed by atoms with Crippen molar-refractivity contribution in [3.8, 4) is 5.69 Å². The van der Waals surface area contributed by atoms with Crippen LogP contribution in [0.25, 0.3) is 5.69 Å². The van der Waals surface area contributed by atoms with Crippen LogP contribution < -0.4 is 5.56 Å². The Bertz CT molecular complexity index is 862. The van der Waals surface area contributed by atoms with Gasteiger partial charge >= 0.3 is 0 Å². The second kappa shape index (κ2) is 5.73. The smallest absolute Gasteiger partial charge is 0.281 e. The number of para-hydroxylation sites is 1. The highest BCUT2D eigenvalue weighted by Gasteiger charge is 2.19. The van der Waals surface area contributed by atoms with Crippen LogP contribution in [0.15, 0.2) is 70.6 Å². The van der Waals surface area contributed by atoms with Crippen LogP contribution in [-0.2, 0) is 0 Å². The largest absolute Gasteiger partial charge is 0.410 e. The Morgan fingerprint density at radius 3 is 2.23 bits per heavy atom. The summed E-state index contributed by atoms with van der Waals surface area (Å²) in [5, 5.41) is 15.8. The minimum Gasteiger partial charge on any atom is -0.410 e. The van der Waals surface area contributed by atoms with E-state index in [0.29, 0.717) is 16.8 Å². The lowest BCUT2D eigenvalue weighted by molar-refractivity contribution is 0.319. The van der Waals surface area contributed by atoms with E-state index >= 15 is 0 Å². The van der Waals surface area contributed by atoms with Crippen LogP contribution in [0.1, 0.15) is 16.8 Å². The number of rotatable bonds is 3. The second-order valence-corrected chi connectivity index (χ2v) is 4.90. The molecule has 0 aliphatic carbocycles. The van der Waals surface area contributed by atoms with Crippen molar-refractivity contribution in [1.82, 2.24) is 9.78 Å². The molecule has 0 aliphatic rings. The molecule has 0 fully saturated rings. The van der Waals surface area contributed by atoms with Crippen LogP contribution in [-0.4, -0.2) is 20.7 Å². The van der Waals surface area contributed by atoms with Gasteiger partial charge in [0.25, 0.3) is 5.56 Å². The molecule has 0 radical (unpaired) electrons. The first kappa shape index (κ1) is 13.9. The van der Waals surface area contributed by atoms with Crippen LogP contribution >= 0.6 is 0 Å². The molecule has 22 heavy (non-hydrogen) atoms. The molecule has 0 bridgehead atoms. The van der Waals surface area contributed by atoms with Crippen molar-refractivity contribution in [3.05, 3.63) is 87.8 Å². The molecule has 3 aromatic rings. The molecule has 5 heteroatoms. The Morgan fingerprint density at radius 2 is 1.64 bits per heavy atom. The van der Waals surface area contributed by atoms with Crippen molar-refractivity contribution in [3.63, 3.8) is 0 Å². The summed E-state index contributed by atoms with van der Waals surface area (Å²) in [5.41, 5.74) is 2.43. The zero-order valence-corrected chi connectivity index (χ0v) is 12.0. The van der Waals surface area contributed by atoms with E-state index in [-0.39, 0.29) is 11.3 Å². The molecule has 110 valence electrons. The van der Waals surface area contributed by atoms with Gasteiger partial charge in [0.2, 0.25) is 0 Å². The number of nitrogens with one attached hydrogen (secondary N) is 1. The fraction of sp³-hybridized carbons (Fsp3) is 0.0588. The molecular formula is C17H15N3O2. The van der Waals surface area contributed by atoms with Gasteiger partial charge < -0.3 is 5.21 Å². The van der Waals surface area contributed by atoms with E-state index < -0.39 is 0 Å². The number of hydrogen-bond acceptors (Lipinski definition) is 3. The van der Waals surface area contributed by atoms with E-state index in [2.05, 4.69) is 10.3 Å². The summed E-state index contributed by atoms with van der Waals surface area (Å²) in [6, 6.07) is 18.4. The molecule has 1 heterocycles. The van der Waals surface area contributed by atoms with E-state index in [0.717, 1.165) is 5.69 Å². The minimum absolute atomic E-state index is 0.250. The standard InChI is InChI=1S/C17H15N3O2/c1-12-15(16(19-22)13-8-4-2-5-9-13)17(21)20(18-12)14-10-6-3-7-11-14/h2-11,18,22H,1H3/b19-16+. The van der Waals surface area contributed by atoms with Gasteiger partial charge in [0.15, 0.2) is 0 Å². The number of nitrogens with zero attached hydrogens (tertiary/aromatic N) is 2. The third-order valence-electron chi connectivity index (χ3n) is 3.47. The van der Waals surface area contributed by atoms with Gasteiger partial charge in [0.1, 0.15) is 5.71 Å². The average molecular weight is 293 g/mol. The molecule has 0 saturated heterocycles. The molecule has 1 aromatic heterocycles. The lowest BCUT2D eigenvalue weighted by atomic mass is 10.0. The average Bonchev–Trinajstić information content (AvgIpc) is 2.86. The number of aryl methyl sites for hydroxylation is 1. The highest BCUT2D eigenvalue weighted by molar-refractivity contribution is 6.13. The number of aromatic amines is 1. The van der Waals surface area contributed by atoms with Crippen LogP contribution in [0.4, 0.5) is 0 Å². The number of aromatic nitrogens is 2. The fourth-order valence-electron chi connectivity index (χ4n) is 2.43. The Hall–Kier alpha value is -3.08. The summed E-state index contributed by atoms with van der Waals surface area (Å²) in [6.07, 6.45) is 0. The summed E-state index contributed by atoms with van der Waals surface area (Å²) < 4.78 is 1.44. The van der Waals surface area contributed by atoms with E-state index in [1.54, 1.807) is 19.1 Å². The normalized spacial score (nSPS) is 11.6. The van der Waals surface area contributed by atoms with Gasteiger partial charge in [-0.05, 0) is 19.1 Å². The van der Waals surface area contributed by atoms with Crippen molar-refractivity contribution in [2.24, 2.45) is 5.16 Å². The third-order valence-corrected chi connectivity index (χ3v) is 3.47. The summed E-state index contributed by atoms with van der Waals surface area (Å²) in [4.78, 5) is 12.7. The first-order valence-corrected chi connectivity index (χ1v) is 6.87. The van der Waals surface area contributed by atoms with Gasteiger partial charge in [-0.3, -0.25) is 9.89 Å². The van der Waals surface area contributed by atoms with Crippen molar-refractivity contribution < 1.29 is 5.21 Å². The predicted octanol–water partition coefficient (Wildman–Crippen LogP) is 2.70. The highest BCUT2D eigenvalue weighted by atomic mass is 16.4. The Balaban J connectivity index is 2.17. The van der Waals surface area contributed by atoms with Crippen molar-refractivity contribution in [2.75, 3.05) is 0 Å². The Morgan fingerprint density at radius 1 is 1.05 bits per heavy atom. The molecule has 0 saturated carbocycles. The van der Waals surface area contributed by atoms with Crippen molar-refractivity contribution >= 4 is 5.71 Å². The van der Waals surface area contributed by atoms with E-state index in [4.69, 9.17) is 0 Å². The molecule has 0 unspecified atom stereocenters. The summed E-state index contributed by atoms with van der Waals surface area (Å²) in [6.45, 7) is 1.78. The van der Waals surface area contributed by atoms with Crippen molar-refractivity contribution in [1.29, 1.82) is 0 Å². The molecule has 5 nitrogen and oxygen atoms in total. The van der Waals surface area contributed by atoms with Gasteiger partial charge in [0.05, 0.1) is 11.3 Å². The molecule has 0 spiro atoms. The predicted molar refractivity (Wildman–Crippen MR) is 85.0 cm³/mol. The SMILES string of the molecule is Cc1[nH]n(-c2ccccc2)c(=O)c1/C(=N/O)c1ccccc1. The molecule has 0 amide bonds. The summed E-state index contributed by atoms with van der Waals surface area (Å²) in [5.74, 6) is 0. The first-order valence-electron chi connectivity index (χ1n) is 6.87. The lowest BCUT2D eigenvalue weighted by Crippen LogP contribution is -2.21. The zero-order chi connectivity index (χ0) is 15.5. The van der Waals surface area contributed by atoms with Gasteiger partial charge in [-0.2, -0.15) is 0 Å². The molecular weight excluding hydrogens is 278 g/mol. The van der Waals surface area contributed by atoms with Gasteiger partial charge in [-0.1, -0.05) is 53.7 Å².